The molecule has 5 nitrogen and oxygen atoms in total. The van der Waals surface area contributed by atoms with E-state index in [1.54, 1.807) is 30.3 Å². The summed E-state index contributed by atoms with van der Waals surface area (Å²) in [6.45, 7) is 2.28. The van der Waals surface area contributed by atoms with Gasteiger partial charge in [-0.3, -0.25) is 4.79 Å². The molecule has 7 heteroatoms. The van der Waals surface area contributed by atoms with Crippen LogP contribution in [0.1, 0.15) is 25.3 Å². The van der Waals surface area contributed by atoms with E-state index >= 15 is 0 Å². The molecule has 150 valence electrons. The number of ketones is 1. The first kappa shape index (κ1) is 21.9. The standard InChI is InChI=1S/C21H24FNO4S/c1-15(21(25)26)27-18-10-8-16(9-11-18)13-23-14-17(24)5-4-12-28-20-7-3-2-6-19(20)22/h2-3,6-11,15,23H,4-5,12-14H2,1H3,(H,25,26). The zero-order chi connectivity index (χ0) is 20.4. The topological polar surface area (TPSA) is 75.6 Å². The number of carboxylic acid groups (broad SMARTS) is 1. The number of carbonyl (C=O) groups is 2. The Morgan fingerprint density at radius 3 is 2.57 bits per heavy atom. The summed E-state index contributed by atoms with van der Waals surface area (Å²) < 4.78 is 18.8. The smallest absolute Gasteiger partial charge is 0.344 e. The molecule has 0 aliphatic rings. The van der Waals surface area contributed by atoms with Gasteiger partial charge in [-0.25, -0.2) is 9.18 Å². The van der Waals surface area contributed by atoms with Crippen molar-refractivity contribution in [1.82, 2.24) is 5.32 Å². The van der Waals surface area contributed by atoms with E-state index in [2.05, 4.69) is 5.32 Å². The van der Waals surface area contributed by atoms with Gasteiger partial charge in [0.1, 0.15) is 17.3 Å². The molecule has 2 aromatic rings. The van der Waals surface area contributed by atoms with Gasteiger partial charge in [0.05, 0.1) is 6.54 Å². The number of carbonyl (C=O) groups excluding carboxylic acids is 1. The Hall–Kier alpha value is -2.38. The lowest BCUT2D eigenvalue weighted by Gasteiger charge is -2.11. The van der Waals surface area contributed by atoms with Crippen LogP contribution in [0.3, 0.4) is 0 Å². The average molecular weight is 405 g/mol. The third-order valence-electron chi connectivity index (χ3n) is 3.93. The molecule has 0 heterocycles. The summed E-state index contributed by atoms with van der Waals surface area (Å²) in [7, 11) is 0. The highest BCUT2D eigenvalue weighted by Gasteiger charge is 2.12. The van der Waals surface area contributed by atoms with Crippen molar-refractivity contribution in [1.29, 1.82) is 0 Å². The molecule has 1 unspecified atom stereocenters. The van der Waals surface area contributed by atoms with Gasteiger partial charge in [-0.05, 0) is 48.9 Å². The van der Waals surface area contributed by atoms with Gasteiger partial charge in [0.15, 0.2) is 6.10 Å². The highest BCUT2D eigenvalue weighted by atomic mass is 32.2. The average Bonchev–Trinajstić information content (AvgIpc) is 2.68. The minimum atomic E-state index is -1.02. The number of nitrogens with one attached hydrogen (secondary N) is 1. The second-order valence-electron chi connectivity index (χ2n) is 6.27. The van der Waals surface area contributed by atoms with Crippen molar-refractivity contribution < 1.29 is 23.8 Å². The minimum absolute atomic E-state index is 0.115. The molecule has 0 fully saturated rings. The summed E-state index contributed by atoms with van der Waals surface area (Å²) in [6, 6.07) is 13.7. The Morgan fingerprint density at radius 1 is 1.18 bits per heavy atom. The Labute approximate surface area is 168 Å². The van der Waals surface area contributed by atoms with Gasteiger partial charge in [-0.1, -0.05) is 24.3 Å². The van der Waals surface area contributed by atoms with E-state index in [-0.39, 0.29) is 18.1 Å². The third-order valence-corrected chi connectivity index (χ3v) is 5.06. The lowest BCUT2D eigenvalue weighted by atomic mass is 10.2. The highest BCUT2D eigenvalue weighted by molar-refractivity contribution is 7.99. The van der Waals surface area contributed by atoms with Crippen LogP contribution in [0.2, 0.25) is 0 Å². The van der Waals surface area contributed by atoms with E-state index in [1.807, 2.05) is 12.1 Å². The summed E-state index contributed by atoms with van der Waals surface area (Å²) in [4.78, 5) is 23.3. The molecule has 2 aromatic carbocycles. The van der Waals surface area contributed by atoms with Crippen LogP contribution in [0, 0.1) is 5.82 Å². The fourth-order valence-corrected chi connectivity index (χ4v) is 3.28. The third kappa shape index (κ3) is 7.70. The van der Waals surface area contributed by atoms with E-state index in [1.165, 1.54) is 24.8 Å². The molecule has 0 spiro atoms. The fourth-order valence-electron chi connectivity index (χ4n) is 2.39. The van der Waals surface area contributed by atoms with E-state index in [4.69, 9.17) is 9.84 Å². The Kier molecular flexibility index (Phi) is 8.97. The van der Waals surface area contributed by atoms with Crippen LogP contribution in [-0.2, 0) is 16.1 Å². The molecule has 0 aliphatic heterocycles. The molecule has 0 radical (unpaired) electrons. The van der Waals surface area contributed by atoms with Gasteiger partial charge < -0.3 is 15.2 Å². The maximum atomic E-state index is 13.5. The summed E-state index contributed by atoms with van der Waals surface area (Å²) in [5.74, 6) is 0.0560. The number of carboxylic acids is 1. The molecule has 0 amide bonds. The van der Waals surface area contributed by atoms with Gasteiger partial charge in [-0.2, -0.15) is 0 Å². The summed E-state index contributed by atoms with van der Waals surface area (Å²) in [6.07, 6.45) is 0.250. The number of ether oxygens (including phenoxy) is 1. The van der Waals surface area contributed by atoms with Crippen LogP contribution in [0.4, 0.5) is 4.39 Å². The number of rotatable bonds is 12. The summed E-state index contributed by atoms with van der Waals surface area (Å²) >= 11 is 1.42. The second-order valence-corrected chi connectivity index (χ2v) is 7.40. The van der Waals surface area contributed by atoms with Crippen molar-refractivity contribution >= 4 is 23.5 Å². The monoisotopic (exact) mass is 405 g/mol. The molecule has 0 aliphatic carbocycles. The molecule has 2 N–H and O–H groups in total. The Morgan fingerprint density at radius 2 is 1.89 bits per heavy atom. The van der Waals surface area contributed by atoms with E-state index in [0.29, 0.717) is 35.8 Å². The van der Waals surface area contributed by atoms with Crippen LogP contribution in [0.15, 0.2) is 53.4 Å². The number of benzene rings is 2. The van der Waals surface area contributed by atoms with Gasteiger partial charge >= 0.3 is 5.97 Å². The van der Waals surface area contributed by atoms with Crippen LogP contribution in [0.25, 0.3) is 0 Å². The highest BCUT2D eigenvalue weighted by Crippen LogP contribution is 2.22. The lowest BCUT2D eigenvalue weighted by molar-refractivity contribution is -0.144. The van der Waals surface area contributed by atoms with Crippen LogP contribution in [-0.4, -0.2) is 35.3 Å². The molecular weight excluding hydrogens is 381 g/mol. The van der Waals surface area contributed by atoms with Gasteiger partial charge in [-0.15, -0.1) is 11.8 Å². The summed E-state index contributed by atoms with van der Waals surface area (Å²) in [5, 5.41) is 11.9. The molecule has 2 rings (SSSR count). The maximum absolute atomic E-state index is 13.5. The number of thioether (sulfide) groups is 1. The zero-order valence-electron chi connectivity index (χ0n) is 15.7. The van der Waals surface area contributed by atoms with Gasteiger partial charge in [0, 0.05) is 17.9 Å². The predicted octanol–water partition coefficient (Wildman–Crippen LogP) is 3.91. The maximum Gasteiger partial charge on any atom is 0.344 e. The summed E-state index contributed by atoms with van der Waals surface area (Å²) in [5.41, 5.74) is 0.971. The fraction of sp³-hybridized carbons (Fsp3) is 0.333. The zero-order valence-corrected chi connectivity index (χ0v) is 16.5. The SMILES string of the molecule is CC(Oc1ccc(CNCC(=O)CCCSc2ccccc2F)cc1)C(=O)O. The van der Waals surface area contributed by atoms with Crippen molar-refractivity contribution in [3.63, 3.8) is 0 Å². The van der Waals surface area contributed by atoms with Gasteiger partial charge in [0.2, 0.25) is 0 Å². The van der Waals surface area contributed by atoms with E-state index in [9.17, 15) is 14.0 Å². The van der Waals surface area contributed by atoms with Crippen LogP contribution < -0.4 is 10.1 Å². The first-order valence-electron chi connectivity index (χ1n) is 9.04. The first-order valence-corrected chi connectivity index (χ1v) is 10.0. The van der Waals surface area contributed by atoms with Crippen molar-refractivity contribution in [3.05, 3.63) is 59.9 Å². The number of Topliss-reactive ketones (excluding diaryl/α,β-unsaturated/α-hetero) is 1. The van der Waals surface area contributed by atoms with Crippen LogP contribution in [0.5, 0.6) is 5.75 Å². The first-order chi connectivity index (χ1) is 13.5. The van der Waals surface area contributed by atoms with Crippen LogP contribution >= 0.6 is 11.8 Å². The number of aliphatic carboxylic acids is 1. The molecule has 0 saturated heterocycles. The number of hydrogen-bond acceptors (Lipinski definition) is 5. The lowest BCUT2D eigenvalue weighted by Crippen LogP contribution is -2.23. The van der Waals surface area contributed by atoms with E-state index in [0.717, 1.165) is 5.56 Å². The molecular formula is C21H24FNO4S. The number of halogens is 1. The molecule has 28 heavy (non-hydrogen) atoms. The van der Waals surface area contributed by atoms with Crippen molar-refractivity contribution in [2.75, 3.05) is 12.3 Å². The van der Waals surface area contributed by atoms with Crippen molar-refractivity contribution in [3.8, 4) is 5.75 Å². The molecule has 0 saturated carbocycles. The molecule has 0 aromatic heterocycles. The number of hydrogen-bond donors (Lipinski definition) is 2. The van der Waals surface area contributed by atoms with Crippen molar-refractivity contribution in [2.24, 2.45) is 0 Å². The Balaban J connectivity index is 1.61. The predicted molar refractivity (Wildman–Crippen MR) is 107 cm³/mol. The second kappa shape index (κ2) is 11.5. The van der Waals surface area contributed by atoms with E-state index < -0.39 is 12.1 Å². The van der Waals surface area contributed by atoms with Gasteiger partial charge in [0.25, 0.3) is 0 Å². The normalized spacial score (nSPS) is 11.8. The molecule has 0 bridgehead atoms. The largest absolute Gasteiger partial charge is 0.479 e. The molecule has 1 atom stereocenters. The van der Waals surface area contributed by atoms with Crippen molar-refractivity contribution in [2.45, 2.75) is 37.3 Å². The Bertz CT molecular complexity index is 782. The quantitative estimate of drug-likeness (QED) is 0.412. The minimum Gasteiger partial charge on any atom is -0.479 e.